The van der Waals surface area contributed by atoms with Crippen molar-refractivity contribution in [1.82, 2.24) is 9.88 Å². The number of methoxy groups -OCH3 is 1. The fraction of sp³-hybridized carbons (Fsp3) is 0.333. The number of thiazole rings is 1. The van der Waals surface area contributed by atoms with E-state index in [0.29, 0.717) is 24.0 Å². The molecule has 1 aromatic heterocycles. The Morgan fingerprint density at radius 1 is 1.10 bits per heavy atom. The molecule has 0 aliphatic rings. The van der Waals surface area contributed by atoms with E-state index in [4.69, 9.17) is 4.74 Å². The highest BCUT2D eigenvalue weighted by atomic mass is 32.2. The monoisotopic (exact) mass is 447 g/mol. The highest BCUT2D eigenvalue weighted by molar-refractivity contribution is 7.92. The summed E-state index contributed by atoms with van der Waals surface area (Å²) in [5.41, 5.74) is 1.85. The molecule has 3 aromatic rings. The summed E-state index contributed by atoms with van der Waals surface area (Å²) in [6.45, 7) is 2.90. The molecule has 2 aromatic carbocycles. The number of carbonyl (C=O) groups excluding carboxylic acids is 1. The Bertz CT molecular complexity index is 1140. The van der Waals surface area contributed by atoms with Gasteiger partial charge in [-0.05, 0) is 56.9 Å². The molecule has 0 N–H and O–H groups in total. The van der Waals surface area contributed by atoms with Crippen molar-refractivity contribution in [2.24, 2.45) is 0 Å². The minimum atomic E-state index is -3.80. The van der Waals surface area contributed by atoms with Crippen LogP contribution in [-0.2, 0) is 14.6 Å². The van der Waals surface area contributed by atoms with Gasteiger partial charge in [0.05, 0.1) is 22.2 Å². The predicted molar refractivity (Wildman–Crippen MR) is 120 cm³/mol. The maximum Gasteiger partial charge on any atom is 0.244 e. The molecule has 3 rings (SSSR count). The summed E-state index contributed by atoms with van der Waals surface area (Å²) >= 11 is 1.39. The molecule has 0 spiro atoms. The van der Waals surface area contributed by atoms with Gasteiger partial charge in [-0.15, -0.1) is 0 Å². The molecule has 0 saturated carbocycles. The molecule has 0 fully saturated rings. The van der Waals surface area contributed by atoms with E-state index >= 15 is 0 Å². The Morgan fingerprint density at radius 3 is 2.40 bits per heavy atom. The molecule has 1 amide bonds. The van der Waals surface area contributed by atoms with Crippen LogP contribution < -0.4 is 9.64 Å². The molecule has 0 aliphatic heterocycles. The van der Waals surface area contributed by atoms with E-state index < -0.39 is 21.5 Å². The van der Waals surface area contributed by atoms with Crippen LogP contribution in [0.1, 0.15) is 5.56 Å². The highest BCUT2D eigenvalue weighted by Crippen LogP contribution is 2.31. The fourth-order valence-corrected chi connectivity index (χ4v) is 5.21. The van der Waals surface area contributed by atoms with E-state index in [0.717, 1.165) is 15.8 Å². The van der Waals surface area contributed by atoms with Crippen LogP contribution in [0.4, 0.5) is 5.13 Å². The molecule has 1 heterocycles. The van der Waals surface area contributed by atoms with Crippen molar-refractivity contribution >= 4 is 42.4 Å². The smallest absolute Gasteiger partial charge is 0.244 e. The number of hydrogen-bond acceptors (Lipinski definition) is 7. The third-order valence-electron chi connectivity index (χ3n) is 4.64. The van der Waals surface area contributed by atoms with Gasteiger partial charge in [0, 0.05) is 13.1 Å². The second kappa shape index (κ2) is 9.11. The van der Waals surface area contributed by atoms with Crippen LogP contribution in [0.25, 0.3) is 10.2 Å². The summed E-state index contributed by atoms with van der Waals surface area (Å²) in [4.78, 5) is 21.2. The number of aryl methyl sites for hydroxylation is 1. The molecule has 9 heteroatoms. The second-order valence-corrected chi connectivity index (χ2v) is 10.2. The van der Waals surface area contributed by atoms with Crippen LogP contribution in [0.5, 0.6) is 5.75 Å². The van der Waals surface area contributed by atoms with Gasteiger partial charge in [0.15, 0.2) is 15.0 Å². The van der Waals surface area contributed by atoms with Crippen LogP contribution in [0.15, 0.2) is 47.4 Å². The van der Waals surface area contributed by atoms with Gasteiger partial charge >= 0.3 is 0 Å². The summed E-state index contributed by atoms with van der Waals surface area (Å²) in [6.07, 6.45) is 0. The Morgan fingerprint density at radius 2 is 1.80 bits per heavy atom. The first-order chi connectivity index (χ1) is 14.2. The number of benzene rings is 2. The van der Waals surface area contributed by atoms with E-state index in [1.54, 1.807) is 12.1 Å². The normalized spacial score (nSPS) is 11.8. The maximum atomic E-state index is 13.1. The van der Waals surface area contributed by atoms with Crippen molar-refractivity contribution in [3.8, 4) is 5.75 Å². The quantitative estimate of drug-likeness (QED) is 0.528. The van der Waals surface area contributed by atoms with E-state index in [-0.39, 0.29) is 4.90 Å². The van der Waals surface area contributed by atoms with Crippen LogP contribution >= 0.6 is 11.3 Å². The first-order valence-electron chi connectivity index (χ1n) is 9.39. The van der Waals surface area contributed by atoms with Crippen LogP contribution in [0, 0.1) is 6.92 Å². The molecule has 0 atom stereocenters. The molecular formula is C21H25N3O4S2. The van der Waals surface area contributed by atoms with Gasteiger partial charge < -0.3 is 9.64 Å². The van der Waals surface area contributed by atoms with Gasteiger partial charge in [-0.25, -0.2) is 13.4 Å². The van der Waals surface area contributed by atoms with Crippen LogP contribution in [0.3, 0.4) is 0 Å². The lowest BCUT2D eigenvalue weighted by atomic mass is 10.2. The number of nitrogens with zero attached hydrogens (tertiary/aromatic N) is 3. The molecule has 0 saturated heterocycles. The molecule has 160 valence electrons. The van der Waals surface area contributed by atoms with E-state index in [1.165, 1.54) is 35.5 Å². The lowest BCUT2D eigenvalue weighted by molar-refractivity contribution is -0.116. The number of likely N-dealkylation sites (N-methyl/N-ethyl adjacent to an activating group) is 1. The van der Waals surface area contributed by atoms with Gasteiger partial charge in [0.1, 0.15) is 11.5 Å². The summed E-state index contributed by atoms with van der Waals surface area (Å²) in [6, 6.07) is 11.9. The minimum Gasteiger partial charge on any atom is -0.497 e. The standard InChI is InChI=1S/C21H25N3O4S2/c1-15-6-5-7-18-20(15)22-21(29-18)24(13-12-23(2)3)19(25)14-30(26,27)17-10-8-16(28-4)9-11-17/h5-11H,12-14H2,1-4H3. The zero-order valence-corrected chi connectivity index (χ0v) is 19.1. The predicted octanol–water partition coefficient (Wildman–Crippen LogP) is 2.98. The lowest BCUT2D eigenvalue weighted by Gasteiger charge is -2.22. The van der Waals surface area contributed by atoms with Gasteiger partial charge in [0.25, 0.3) is 0 Å². The van der Waals surface area contributed by atoms with E-state index in [9.17, 15) is 13.2 Å². The summed E-state index contributed by atoms with van der Waals surface area (Å²) in [7, 11) is 1.52. The zero-order valence-electron chi connectivity index (χ0n) is 17.5. The molecule has 7 nitrogen and oxygen atoms in total. The SMILES string of the molecule is COc1ccc(S(=O)(=O)CC(=O)N(CCN(C)C)c2nc3c(C)cccc3s2)cc1. The van der Waals surface area contributed by atoms with Crippen LogP contribution in [0.2, 0.25) is 0 Å². The third-order valence-corrected chi connectivity index (χ3v) is 7.31. The molecule has 30 heavy (non-hydrogen) atoms. The molecule has 0 aliphatic carbocycles. The number of carbonyl (C=O) groups is 1. The number of ether oxygens (including phenoxy) is 1. The van der Waals surface area contributed by atoms with Crippen molar-refractivity contribution < 1.29 is 17.9 Å². The Balaban J connectivity index is 1.90. The average molecular weight is 448 g/mol. The van der Waals surface area contributed by atoms with Gasteiger partial charge in [-0.3, -0.25) is 9.69 Å². The van der Waals surface area contributed by atoms with Crippen molar-refractivity contribution in [2.45, 2.75) is 11.8 Å². The van der Waals surface area contributed by atoms with Gasteiger partial charge in [0.2, 0.25) is 5.91 Å². The van der Waals surface area contributed by atoms with Crippen molar-refractivity contribution in [2.75, 3.05) is 44.9 Å². The summed E-state index contributed by atoms with van der Waals surface area (Å²) < 4.78 is 31.7. The number of hydrogen-bond donors (Lipinski definition) is 0. The Kier molecular flexibility index (Phi) is 6.74. The zero-order chi connectivity index (χ0) is 21.9. The largest absolute Gasteiger partial charge is 0.497 e. The highest BCUT2D eigenvalue weighted by Gasteiger charge is 2.26. The number of aromatic nitrogens is 1. The second-order valence-electron chi connectivity index (χ2n) is 7.20. The molecule has 0 bridgehead atoms. The number of rotatable bonds is 8. The van der Waals surface area contributed by atoms with Crippen molar-refractivity contribution in [1.29, 1.82) is 0 Å². The average Bonchev–Trinajstić information content (AvgIpc) is 3.13. The molecular weight excluding hydrogens is 422 g/mol. The number of anilines is 1. The molecule has 0 unspecified atom stereocenters. The van der Waals surface area contributed by atoms with Crippen molar-refractivity contribution in [3.05, 3.63) is 48.0 Å². The number of amides is 1. The Hall–Kier alpha value is -2.49. The maximum absolute atomic E-state index is 13.1. The third kappa shape index (κ3) is 4.97. The van der Waals surface area contributed by atoms with Crippen molar-refractivity contribution in [3.63, 3.8) is 0 Å². The number of sulfone groups is 1. The first-order valence-corrected chi connectivity index (χ1v) is 11.9. The number of fused-ring (bicyclic) bond motifs is 1. The lowest BCUT2D eigenvalue weighted by Crippen LogP contribution is -2.40. The Labute approximate surface area is 180 Å². The number of para-hydroxylation sites is 1. The minimum absolute atomic E-state index is 0.0874. The van der Waals surface area contributed by atoms with E-state index in [2.05, 4.69) is 4.98 Å². The fourth-order valence-electron chi connectivity index (χ4n) is 2.92. The summed E-state index contributed by atoms with van der Waals surface area (Å²) in [5.74, 6) is -0.566. The van der Waals surface area contributed by atoms with Gasteiger partial charge in [-0.1, -0.05) is 23.5 Å². The summed E-state index contributed by atoms with van der Waals surface area (Å²) in [5, 5.41) is 0.510. The first kappa shape index (κ1) is 22.2. The van der Waals surface area contributed by atoms with Crippen LogP contribution in [-0.4, -0.2) is 64.3 Å². The van der Waals surface area contributed by atoms with E-state index in [1.807, 2.05) is 44.1 Å². The molecule has 0 radical (unpaired) electrons. The topological polar surface area (TPSA) is 79.8 Å². The van der Waals surface area contributed by atoms with Gasteiger partial charge in [-0.2, -0.15) is 0 Å².